The number of carbonyl (C=O) groups is 1. The zero-order chi connectivity index (χ0) is 20.9. The van der Waals surface area contributed by atoms with Crippen LogP contribution in [-0.2, 0) is 14.8 Å². The van der Waals surface area contributed by atoms with Gasteiger partial charge in [0, 0.05) is 25.7 Å². The van der Waals surface area contributed by atoms with Crippen molar-refractivity contribution in [2.75, 3.05) is 19.6 Å². The summed E-state index contributed by atoms with van der Waals surface area (Å²) in [5, 5.41) is 0. The molecule has 0 spiro atoms. The highest BCUT2D eigenvalue weighted by Gasteiger charge is 2.24. The van der Waals surface area contributed by atoms with E-state index < -0.39 is 10.0 Å². The van der Waals surface area contributed by atoms with Crippen LogP contribution in [0.3, 0.4) is 0 Å². The Morgan fingerprint density at radius 2 is 1.69 bits per heavy atom. The zero-order valence-corrected chi connectivity index (χ0v) is 17.8. The molecule has 0 aromatic heterocycles. The number of aryl methyl sites for hydroxylation is 2. The third-order valence-electron chi connectivity index (χ3n) is 5.22. The van der Waals surface area contributed by atoms with Gasteiger partial charge in [-0.2, -0.15) is 0 Å². The summed E-state index contributed by atoms with van der Waals surface area (Å²) in [5.41, 5.74) is 3.19. The lowest BCUT2D eigenvalue weighted by molar-refractivity contribution is -0.127. The molecule has 1 fully saturated rings. The minimum atomic E-state index is -3.53. The maximum absolute atomic E-state index is 12.5. The van der Waals surface area contributed by atoms with Crippen molar-refractivity contribution < 1.29 is 13.2 Å². The van der Waals surface area contributed by atoms with E-state index in [-0.39, 0.29) is 16.7 Å². The number of amides is 1. The Morgan fingerprint density at radius 3 is 2.34 bits per heavy atom. The number of hydrogen-bond acceptors (Lipinski definition) is 3. The summed E-state index contributed by atoms with van der Waals surface area (Å²) >= 11 is 0. The lowest BCUT2D eigenvalue weighted by Gasteiger charge is -2.32. The molecule has 0 radical (unpaired) electrons. The number of piperidine rings is 1. The van der Waals surface area contributed by atoms with Gasteiger partial charge in [-0.3, -0.25) is 4.79 Å². The number of likely N-dealkylation sites (tertiary alicyclic amines) is 1. The smallest absolute Gasteiger partial charge is 0.246 e. The molecule has 154 valence electrons. The van der Waals surface area contributed by atoms with Crippen LogP contribution in [0.5, 0.6) is 0 Å². The Kier molecular flexibility index (Phi) is 6.87. The average Bonchev–Trinajstić information content (AvgIpc) is 2.72. The minimum Gasteiger partial charge on any atom is -0.339 e. The fourth-order valence-corrected chi connectivity index (χ4v) is 4.53. The first-order valence-electron chi connectivity index (χ1n) is 9.93. The molecule has 0 saturated carbocycles. The number of nitrogens with zero attached hydrogens (tertiary/aromatic N) is 1. The summed E-state index contributed by atoms with van der Waals surface area (Å²) in [7, 11) is -3.53. The molecule has 1 heterocycles. The third kappa shape index (κ3) is 6.02. The van der Waals surface area contributed by atoms with Gasteiger partial charge in [0.15, 0.2) is 0 Å². The van der Waals surface area contributed by atoms with Gasteiger partial charge in [-0.15, -0.1) is 0 Å². The fraction of sp³-hybridized carbons (Fsp3) is 0.348. The second-order valence-electron chi connectivity index (χ2n) is 7.70. The lowest BCUT2D eigenvalue weighted by atomic mass is 9.98. The largest absolute Gasteiger partial charge is 0.339 e. The zero-order valence-electron chi connectivity index (χ0n) is 17.0. The first-order chi connectivity index (χ1) is 13.8. The molecule has 3 rings (SSSR count). The minimum absolute atomic E-state index is 0.0309. The molecular weight excluding hydrogens is 384 g/mol. The van der Waals surface area contributed by atoms with Crippen molar-refractivity contribution >= 4 is 22.0 Å². The van der Waals surface area contributed by atoms with Crippen LogP contribution in [0.2, 0.25) is 0 Å². The van der Waals surface area contributed by atoms with E-state index in [9.17, 15) is 13.2 Å². The molecular formula is C23H28N2O3S. The van der Waals surface area contributed by atoms with Gasteiger partial charge in [0.1, 0.15) is 0 Å². The number of benzene rings is 2. The van der Waals surface area contributed by atoms with Gasteiger partial charge in [0.2, 0.25) is 15.9 Å². The molecule has 1 aliphatic rings. The Bertz CT molecular complexity index is 964. The van der Waals surface area contributed by atoms with Crippen molar-refractivity contribution in [2.45, 2.75) is 31.6 Å². The van der Waals surface area contributed by atoms with Gasteiger partial charge < -0.3 is 4.90 Å². The molecule has 1 N–H and O–H groups in total. The van der Waals surface area contributed by atoms with Crippen molar-refractivity contribution in [3.63, 3.8) is 0 Å². The van der Waals surface area contributed by atoms with Crippen LogP contribution in [0, 0.1) is 19.8 Å². The van der Waals surface area contributed by atoms with E-state index in [2.05, 4.69) is 4.72 Å². The summed E-state index contributed by atoms with van der Waals surface area (Å²) in [6.45, 7) is 5.55. The molecule has 6 heteroatoms. The maximum Gasteiger partial charge on any atom is 0.246 e. The predicted molar refractivity (Wildman–Crippen MR) is 116 cm³/mol. The average molecular weight is 413 g/mol. The van der Waals surface area contributed by atoms with Gasteiger partial charge in [-0.05, 0) is 56.4 Å². The van der Waals surface area contributed by atoms with Gasteiger partial charge >= 0.3 is 0 Å². The molecule has 29 heavy (non-hydrogen) atoms. The van der Waals surface area contributed by atoms with E-state index in [4.69, 9.17) is 0 Å². The molecule has 1 amide bonds. The van der Waals surface area contributed by atoms with Crippen molar-refractivity contribution in [2.24, 2.45) is 5.92 Å². The Balaban J connectivity index is 1.55. The molecule has 1 atom stereocenters. The number of sulfonamides is 1. The first kappa shape index (κ1) is 21.3. The number of rotatable bonds is 6. The van der Waals surface area contributed by atoms with Crippen molar-refractivity contribution in [3.05, 3.63) is 71.3 Å². The van der Waals surface area contributed by atoms with Crippen LogP contribution in [0.1, 0.15) is 29.5 Å². The first-order valence-corrected chi connectivity index (χ1v) is 11.4. The summed E-state index contributed by atoms with van der Waals surface area (Å²) in [4.78, 5) is 14.6. The van der Waals surface area contributed by atoms with Gasteiger partial charge in [-0.1, -0.05) is 47.5 Å². The van der Waals surface area contributed by atoms with Crippen LogP contribution in [0.15, 0.2) is 59.5 Å². The van der Waals surface area contributed by atoms with Crippen molar-refractivity contribution in [1.29, 1.82) is 0 Å². The fourth-order valence-electron chi connectivity index (χ4n) is 3.41. The topological polar surface area (TPSA) is 66.5 Å². The summed E-state index contributed by atoms with van der Waals surface area (Å²) in [6.07, 6.45) is 5.21. The van der Waals surface area contributed by atoms with Crippen LogP contribution >= 0.6 is 0 Å². The third-order valence-corrected chi connectivity index (χ3v) is 6.66. The van der Waals surface area contributed by atoms with Gasteiger partial charge in [-0.25, -0.2) is 13.1 Å². The van der Waals surface area contributed by atoms with E-state index in [0.717, 1.165) is 24.0 Å². The van der Waals surface area contributed by atoms with Crippen LogP contribution in [-0.4, -0.2) is 38.9 Å². The molecule has 0 aliphatic carbocycles. The highest BCUT2D eigenvalue weighted by Crippen LogP contribution is 2.18. The standard InChI is InChI=1S/C23H28N2O3S/c1-18-5-9-20(10-6-18)11-14-23(26)25-15-3-4-21(17-25)16-24-29(27,28)22-12-7-19(2)8-13-22/h5-14,21,24H,3-4,15-17H2,1-2H3/b14-11+. The molecule has 2 aromatic rings. The van der Waals surface area contributed by atoms with Crippen LogP contribution in [0.25, 0.3) is 6.08 Å². The number of hydrogen-bond donors (Lipinski definition) is 1. The van der Waals surface area contributed by atoms with E-state index in [1.165, 1.54) is 5.56 Å². The molecule has 1 saturated heterocycles. The summed E-state index contributed by atoms with van der Waals surface area (Å²) < 4.78 is 27.7. The SMILES string of the molecule is Cc1ccc(/C=C/C(=O)N2CCCC(CNS(=O)(=O)c3ccc(C)cc3)C2)cc1. The summed E-state index contributed by atoms with van der Waals surface area (Å²) in [5.74, 6) is 0.0809. The van der Waals surface area contributed by atoms with Crippen LogP contribution < -0.4 is 4.72 Å². The normalized spacial score (nSPS) is 17.6. The molecule has 2 aromatic carbocycles. The Morgan fingerprint density at radius 1 is 1.07 bits per heavy atom. The van der Waals surface area contributed by atoms with Gasteiger partial charge in [0.05, 0.1) is 4.90 Å². The number of nitrogens with one attached hydrogen (secondary N) is 1. The van der Waals surface area contributed by atoms with E-state index in [0.29, 0.717) is 19.6 Å². The van der Waals surface area contributed by atoms with Crippen molar-refractivity contribution in [3.8, 4) is 0 Å². The highest BCUT2D eigenvalue weighted by atomic mass is 32.2. The predicted octanol–water partition coefficient (Wildman–Crippen LogP) is 3.53. The maximum atomic E-state index is 12.5. The molecule has 5 nitrogen and oxygen atoms in total. The quantitative estimate of drug-likeness (QED) is 0.738. The molecule has 0 bridgehead atoms. The van der Waals surface area contributed by atoms with E-state index in [1.54, 1.807) is 35.2 Å². The van der Waals surface area contributed by atoms with Crippen LogP contribution in [0.4, 0.5) is 0 Å². The van der Waals surface area contributed by atoms with Crippen molar-refractivity contribution in [1.82, 2.24) is 9.62 Å². The van der Waals surface area contributed by atoms with E-state index >= 15 is 0 Å². The highest BCUT2D eigenvalue weighted by molar-refractivity contribution is 7.89. The monoisotopic (exact) mass is 412 g/mol. The molecule has 1 unspecified atom stereocenters. The Labute approximate surface area is 173 Å². The number of carbonyl (C=O) groups excluding carboxylic acids is 1. The second-order valence-corrected chi connectivity index (χ2v) is 9.47. The summed E-state index contributed by atoms with van der Waals surface area (Å²) in [6, 6.07) is 14.8. The van der Waals surface area contributed by atoms with Gasteiger partial charge in [0.25, 0.3) is 0 Å². The molecule has 1 aliphatic heterocycles. The van der Waals surface area contributed by atoms with E-state index in [1.807, 2.05) is 44.2 Å². The second kappa shape index (κ2) is 9.37. The Hall–Kier alpha value is -2.44. The lowest BCUT2D eigenvalue weighted by Crippen LogP contribution is -2.43.